The van der Waals surface area contributed by atoms with Crippen LogP contribution in [0.1, 0.15) is 32.8 Å². The molecule has 0 radical (unpaired) electrons. The molecule has 2 nitrogen and oxygen atoms in total. The Morgan fingerprint density at radius 2 is 2.12 bits per heavy atom. The zero-order chi connectivity index (χ0) is 12.7. The predicted molar refractivity (Wildman–Crippen MR) is 73.3 cm³/mol. The Bertz CT molecular complexity index is 352. The van der Waals surface area contributed by atoms with E-state index < -0.39 is 0 Å². The Kier molecular flexibility index (Phi) is 5.23. The predicted octanol–water partition coefficient (Wildman–Crippen LogP) is 3.53. The Labute approximate surface area is 105 Å². The summed E-state index contributed by atoms with van der Waals surface area (Å²) in [6.45, 7) is 11.7. The van der Waals surface area contributed by atoms with Crippen molar-refractivity contribution in [3.05, 3.63) is 42.5 Å². The zero-order valence-corrected chi connectivity index (χ0v) is 11.1. The van der Waals surface area contributed by atoms with Gasteiger partial charge in [-0.2, -0.15) is 0 Å². The SMILES string of the molecule is C=CCCOc1cccc(CNC(C)(C)C)c1. The molecule has 0 spiro atoms. The first-order valence-electron chi connectivity index (χ1n) is 6.09. The first-order chi connectivity index (χ1) is 8.01. The van der Waals surface area contributed by atoms with Crippen LogP contribution in [0.25, 0.3) is 0 Å². The number of nitrogens with one attached hydrogen (secondary N) is 1. The van der Waals surface area contributed by atoms with Crippen molar-refractivity contribution in [3.8, 4) is 5.75 Å². The first-order valence-corrected chi connectivity index (χ1v) is 6.09. The number of hydrogen-bond donors (Lipinski definition) is 1. The summed E-state index contributed by atoms with van der Waals surface area (Å²) < 4.78 is 5.62. The molecule has 0 aliphatic rings. The van der Waals surface area contributed by atoms with Crippen molar-refractivity contribution >= 4 is 0 Å². The van der Waals surface area contributed by atoms with Crippen molar-refractivity contribution in [1.29, 1.82) is 0 Å². The topological polar surface area (TPSA) is 21.3 Å². The van der Waals surface area contributed by atoms with Gasteiger partial charge < -0.3 is 10.1 Å². The van der Waals surface area contributed by atoms with Gasteiger partial charge in [0.15, 0.2) is 0 Å². The summed E-state index contributed by atoms with van der Waals surface area (Å²) in [7, 11) is 0. The molecule has 94 valence electrons. The van der Waals surface area contributed by atoms with E-state index in [1.807, 2.05) is 18.2 Å². The van der Waals surface area contributed by atoms with E-state index in [-0.39, 0.29) is 5.54 Å². The van der Waals surface area contributed by atoms with Crippen molar-refractivity contribution in [3.63, 3.8) is 0 Å². The van der Waals surface area contributed by atoms with Gasteiger partial charge in [-0.25, -0.2) is 0 Å². The van der Waals surface area contributed by atoms with Gasteiger partial charge in [0, 0.05) is 12.1 Å². The third-order valence-corrected chi connectivity index (χ3v) is 2.31. The minimum absolute atomic E-state index is 0.139. The van der Waals surface area contributed by atoms with Crippen LogP contribution >= 0.6 is 0 Å². The molecule has 17 heavy (non-hydrogen) atoms. The van der Waals surface area contributed by atoms with Gasteiger partial charge in [0.05, 0.1) is 6.61 Å². The van der Waals surface area contributed by atoms with Crippen LogP contribution < -0.4 is 10.1 Å². The molecule has 0 bridgehead atoms. The first kappa shape index (κ1) is 13.8. The van der Waals surface area contributed by atoms with Crippen LogP contribution in [0.15, 0.2) is 36.9 Å². The summed E-state index contributed by atoms with van der Waals surface area (Å²) in [5, 5.41) is 3.46. The van der Waals surface area contributed by atoms with Crippen LogP contribution in [-0.2, 0) is 6.54 Å². The highest BCUT2D eigenvalue weighted by Crippen LogP contribution is 2.14. The summed E-state index contributed by atoms with van der Waals surface area (Å²) in [6, 6.07) is 8.22. The lowest BCUT2D eigenvalue weighted by molar-refractivity contribution is 0.324. The second-order valence-corrected chi connectivity index (χ2v) is 5.18. The minimum atomic E-state index is 0.139. The van der Waals surface area contributed by atoms with E-state index in [9.17, 15) is 0 Å². The maximum atomic E-state index is 5.62. The van der Waals surface area contributed by atoms with Gasteiger partial charge >= 0.3 is 0 Å². The standard InChI is InChI=1S/C15H23NO/c1-5-6-10-17-14-9-7-8-13(11-14)12-16-15(2,3)4/h5,7-9,11,16H,1,6,10,12H2,2-4H3. The number of rotatable bonds is 6. The third-order valence-electron chi connectivity index (χ3n) is 2.31. The molecular formula is C15H23NO. The molecule has 1 N–H and O–H groups in total. The van der Waals surface area contributed by atoms with Gasteiger partial charge in [-0.15, -0.1) is 6.58 Å². The molecule has 1 aromatic carbocycles. The molecule has 0 saturated heterocycles. The summed E-state index contributed by atoms with van der Waals surface area (Å²) >= 11 is 0. The smallest absolute Gasteiger partial charge is 0.119 e. The summed E-state index contributed by atoms with van der Waals surface area (Å²) in [5.74, 6) is 0.931. The summed E-state index contributed by atoms with van der Waals surface area (Å²) in [5.41, 5.74) is 1.38. The van der Waals surface area contributed by atoms with Crippen molar-refractivity contribution < 1.29 is 4.74 Å². The molecule has 0 aliphatic carbocycles. The van der Waals surface area contributed by atoms with Crippen LogP contribution in [0, 0.1) is 0 Å². The molecular weight excluding hydrogens is 210 g/mol. The van der Waals surface area contributed by atoms with Crippen LogP contribution in [0.4, 0.5) is 0 Å². The lowest BCUT2D eigenvalue weighted by Gasteiger charge is -2.20. The molecule has 0 aromatic heterocycles. The van der Waals surface area contributed by atoms with Crippen molar-refractivity contribution in [2.45, 2.75) is 39.3 Å². The maximum absolute atomic E-state index is 5.62. The highest BCUT2D eigenvalue weighted by atomic mass is 16.5. The van der Waals surface area contributed by atoms with Gasteiger partial charge in [-0.1, -0.05) is 18.2 Å². The molecule has 1 aromatic rings. The Morgan fingerprint density at radius 1 is 1.35 bits per heavy atom. The molecule has 0 amide bonds. The maximum Gasteiger partial charge on any atom is 0.119 e. The molecule has 0 unspecified atom stereocenters. The van der Waals surface area contributed by atoms with Gasteiger partial charge in [0.2, 0.25) is 0 Å². The van der Waals surface area contributed by atoms with E-state index in [0.29, 0.717) is 6.61 Å². The number of benzene rings is 1. The van der Waals surface area contributed by atoms with Gasteiger partial charge in [0.25, 0.3) is 0 Å². The van der Waals surface area contributed by atoms with Crippen molar-refractivity contribution in [2.75, 3.05) is 6.61 Å². The molecule has 0 fully saturated rings. The summed E-state index contributed by atoms with van der Waals surface area (Å²) in [4.78, 5) is 0. The van der Waals surface area contributed by atoms with Crippen molar-refractivity contribution in [1.82, 2.24) is 5.32 Å². The van der Waals surface area contributed by atoms with Gasteiger partial charge in [0.1, 0.15) is 5.75 Å². The fourth-order valence-electron chi connectivity index (χ4n) is 1.37. The van der Waals surface area contributed by atoms with E-state index in [0.717, 1.165) is 18.7 Å². The lowest BCUT2D eigenvalue weighted by atomic mass is 10.1. The number of hydrogen-bond acceptors (Lipinski definition) is 2. The Morgan fingerprint density at radius 3 is 2.76 bits per heavy atom. The average molecular weight is 233 g/mol. The zero-order valence-electron chi connectivity index (χ0n) is 11.1. The quantitative estimate of drug-likeness (QED) is 0.599. The van der Waals surface area contributed by atoms with E-state index in [1.165, 1.54) is 5.56 Å². The van der Waals surface area contributed by atoms with Crippen LogP contribution in [0.5, 0.6) is 5.75 Å². The molecule has 0 heterocycles. The van der Waals surface area contributed by atoms with Crippen LogP contribution in [-0.4, -0.2) is 12.1 Å². The number of ether oxygens (including phenoxy) is 1. The second-order valence-electron chi connectivity index (χ2n) is 5.18. The average Bonchev–Trinajstić information content (AvgIpc) is 2.27. The van der Waals surface area contributed by atoms with E-state index in [4.69, 9.17) is 4.74 Å². The fraction of sp³-hybridized carbons (Fsp3) is 0.467. The van der Waals surface area contributed by atoms with Gasteiger partial charge in [-0.3, -0.25) is 0 Å². The largest absolute Gasteiger partial charge is 0.493 e. The monoisotopic (exact) mass is 233 g/mol. The normalized spacial score (nSPS) is 11.2. The highest BCUT2D eigenvalue weighted by molar-refractivity contribution is 5.28. The van der Waals surface area contributed by atoms with Gasteiger partial charge in [-0.05, 0) is 44.9 Å². The molecule has 0 atom stereocenters. The molecule has 0 aliphatic heterocycles. The highest BCUT2D eigenvalue weighted by Gasteiger charge is 2.08. The lowest BCUT2D eigenvalue weighted by Crippen LogP contribution is -2.35. The van der Waals surface area contributed by atoms with E-state index in [1.54, 1.807) is 0 Å². The Hall–Kier alpha value is -1.28. The molecule has 1 rings (SSSR count). The third kappa shape index (κ3) is 6.12. The fourth-order valence-corrected chi connectivity index (χ4v) is 1.37. The van der Waals surface area contributed by atoms with Crippen molar-refractivity contribution in [2.24, 2.45) is 0 Å². The van der Waals surface area contributed by atoms with Crippen LogP contribution in [0.3, 0.4) is 0 Å². The second kappa shape index (κ2) is 6.45. The van der Waals surface area contributed by atoms with E-state index in [2.05, 4.69) is 44.8 Å². The molecule has 0 saturated carbocycles. The summed E-state index contributed by atoms with van der Waals surface area (Å²) in [6.07, 6.45) is 2.75. The van der Waals surface area contributed by atoms with Crippen LogP contribution in [0.2, 0.25) is 0 Å². The minimum Gasteiger partial charge on any atom is -0.493 e. The Balaban J connectivity index is 2.50. The molecule has 2 heteroatoms. The van der Waals surface area contributed by atoms with E-state index >= 15 is 0 Å².